The Bertz CT molecular complexity index is 457. The molecule has 2 N–H and O–H groups in total. The molecule has 5 heteroatoms. The molecule has 1 aromatic rings. The van der Waals surface area contributed by atoms with Gasteiger partial charge in [0.05, 0.1) is 18.1 Å². The maximum atomic E-state index is 12.9. The van der Waals surface area contributed by atoms with Crippen molar-refractivity contribution in [1.29, 1.82) is 0 Å². The number of rotatable bonds is 7. The van der Waals surface area contributed by atoms with Gasteiger partial charge < -0.3 is 15.2 Å². The minimum atomic E-state index is -0.568. The lowest BCUT2D eigenvalue weighted by Gasteiger charge is -2.16. The molecule has 1 amide bonds. The largest absolute Gasteiger partial charge is 0.391 e. The van der Waals surface area contributed by atoms with Crippen LogP contribution in [0, 0.1) is 5.82 Å². The SMILES string of the molecule is COCC(O)CCNC(=O)C1(c2ccc(F)cc2)CC1. The number of nitrogens with one attached hydrogen (secondary N) is 1. The average Bonchev–Trinajstić information content (AvgIpc) is 3.21. The number of hydrogen-bond donors (Lipinski definition) is 2. The molecule has 0 aliphatic heterocycles. The standard InChI is InChI=1S/C15H20FNO3/c1-20-10-13(18)6-9-17-14(19)15(7-8-15)11-2-4-12(16)5-3-11/h2-5,13,18H,6-10H2,1H3,(H,17,19). The molecule has 0 saturated heterocycles. The monoisotopic (exact) mass is 281 g/mol. The number of ether oxygens (including phenoxy) is 1. The molecule has 1 atom stereocenters. The van der Waals surface area contributed by atoms with Crippen LogP contribution >= 0.6 is 0 Å². The van der Waals surface area contributed by atoms with Crippen molar-refractivity contribution in [2.24, 2.45) is 0 Å². The second kappa shape index (κ2) is 6.33. The zero-order chi connectivity index (χ0) is 14.6. The predicted octanol–water partition coefficient (Wildman–Crippen LogP) is 1.37. The molecule has 0 bridgehead atoms. The van der Waals surface area contributed by atoms with Crippen LogP contribution in [0.3, 0.4) is 0 Å². The number of methoxy groups -OCH3 is 1. The van der Waals surface area contributed by atoms with Crippen molar-refractivity contribution in [3.05, 3.63) is 35.6 Å². The van der Waals surface area contributed by atoms with E-state index in [0.29, 0.717) is 13.0 Å². The van der Waals surface area contributed by atoms with Crippen LogP contribution in [-0.4, -0.2) is 37.4 Å². The smallest absolute Gasteiger partial charge is 0.230 e. The summed E-state index contributed by atoms with van der Waals surface area (Å²) in [7, 11) is 1.52. The number of amides is 1. The van der Waals surface area contributed by atoms with Gasteiger partial charge in [-0.15, -0.1) is 0 Å². The highest BCUT2D eigenvalue weighted by molar-refractivity contribution is 5.91. The van der Waals surface area contributed by atoms with E-state index in [0.717, 1.165) is 18.4 Å². The first-order valence-electron chi connectivity index (χ1n) is 6.80. The van der Waals surface area contributed by atoms with Crippen LogP contribution in [0.5, 0.6) is 0 Å². The number of hydrogen-bond acceptors (Lipinski definition) is 3. The van der Waals surface area contributed by atoms with E-state index < -0.39 is 11.5 Å². The van der Waals surface area contributed by atoms with Crippen LogP contribution in [0.25, 0.3) is 0 Å². The summed E-state index contributed by atoms with van der Waals surface area (Å²) in [6, 6.07) is 6.10. The van der Waals surface area contributed by atoms with Crippen LogP contribution < -0.4 is 5.32 Å². The summed E-state index contributed by atoms with van der Waals surface area (Å²) in [6.45, 7) is 0.672. The van der Waals surface area contributed by atoms with Crippen LogP contribution in [0.1, 0.15) is 24.8 Å². The lowest BCUT2D eigenvalue weighted by atomic mass is 9.95. The first-order valence-corrected chi connectivity index (χ1v) is 6.80. The molecule has 20 heavy (non-hydrogen) atoms. The Kier molecular flexibility index (Phi) is 4.73. The van der Waals surface area contributed by atoms with E-state index in [4.69, 9.17) is 4.74 Å². The Morgan fingerprint density at radius 3 is 2.65 bits per heavy atom. The van der Waals surface area contributed by atoms with E-state index >= 15 is 0 Å². The molecule has 110 valence electrons. The minimum absolute atomic E-state index is 0.0475. The van der Waals surface area contributed by atoms with Crippen LogP contribution in [0.2, 0.25) is 0 Å². The summed E-state index contributed by atoms with van der Waals surface area (Å²) in [4.78, 5) is 12.2. The fourth-order valence-electron chi connectivity index (χ4n) is 2.34. The normalized spacial score (nSPS) is 17.6. The summed E-state index contributed by atoms with van der Waals surface area (Å²) < 4.78 is 17.7. The summed E-state index contributed by atoms with van der Waals surface area (Å²) >= 11 is 0. The number of carbonyl (C=O) groups is 1. The first kappa shape index (κ1) is 14.9. The van der Waals surface area contributed by atoms with E-state index in [2.05, 4.69) is 5.32 Å². The zero-order valence-electron chi connectivity index (χ0n) is 11.6. The predicted molar refractivity (Wildman–Crippen MR) is 72.8 cm³/mol. The van der Waals surface area contributed by atoms with Gasteiger partial charge in [-0.2, -0.15) is 0 Å². The lowest BCUT2D eigenvalue weighted by molar-refractivity contribution is -0.123. The second-order valence-electron chi connectivity index (χ2n) is 5.24. The molecule has 0 heterocycles. The summed E-state index contributed by atoms with van der Waals surface area (Å²) in [5, 5.41) is 12.3. The van der Waals surface area contributed by atoms with E-state index in [1.54, 1.807) is 12.1 Å². The van der Waals surface area contributed by atoms with Gasteiger partial charge in [-0.1, -0.05) is 12.1 Å². The van der Waals surface area contributed by atoms with Crippen molar-refractivity contribution in [2.75, 3.05) is 20.3 Å². The minimum Gasteiger partial charge on any atom is -0.391 e. The molecule has 0 aromatic heterocycles. The Morgan fingerprint density at radius 2 is 2.10 bits per heavy atom. The van der Waals surface area contributed by atoms with Crippen molar-refractivity contribution in [1.82, 2.24) is 5.32 Å². The summed E-state index contributed by atoms with van der Waals surface area (Å²) in [5.41, 5.74) is 0.355. The van der Waals surface area contributed by atoms with Crippen molar-refractivity contribution < 1.29 is 19.0 Å². The third kappa shape index (κ3) is 3.35. The highest BCUT2D eigenvalue weighted by Crippen LogP contribution is 2.48. The van der Waals surface area contributed by atoms with Gasteiger partial charge in [-0.25, -0.2) is 4.39 Å². The quantitative estimate of drug-likeness (QED) is 0.793. The molecule has 0 spiro atoms. The van der Waals surface area contributed by atoms with Gasteiger partial charge in [0, 0.05) is 13.7 Å². The summed E-state index contributed by atoms with van der Waals surface area (Å²) in [6.07, 6.45) is 1.45. The third-order valence-electron chi connectivity index (χ3n) is 3.70. The number of carbonyl (C=O) groups excluding carboxylic acids is 1. The van der Waals surface area contributed by atoms with Crippen molar-refractivity contribution >= 4 is 5.91 Å². The number of halogens is 1. The van der Waals surface area contributed by atoms with Gasteiger partial charge in [0.25, 0.3) is 0 Å². The van der Waals surface area contributed by atoms with Crippen molar-refractivity contribution in [3.63, 3.8) is 0 Å². The van der Waals surface area contributed by atoms with Gasteiger partial charge in [-0.05, 0) is 37.0 Å². The lowest BCUT2D eigenvalue weighted by Crippen LogP contribution is -2.36. The molecule has 2 rings (SSSR count). The Labute approximate surface area is 117 Å². The third-order valence-corrected chi connectivity index (χ3v) is 3.70. The van der Waals surface area contributed by atoms with Crippen LogP contribution in [0.4, 0.5) is 4.39 Å². The van der Waals surface area contributed by atoms with E-state index in [1.165, 1.54) is 19.2 Å². The maximum absolute atomic E-state index is 12.9. The van der Waals surface area contributed by atoms with Crippen molar-refractivity contribution in [2.45, 2.75) is 30.8 Å². The number of benzene rings is 1. The molecule has 4 nitrogen and oxygen atoms in total. The molecular weight excluding hydrogens is 261 g/mol. The highest BCUT2D eigenvalue weighted by Gasteiger charge is 2.50. The molecule has 1 aliphatic carbocycles. The molecular formula is C15H20FNO3. The maximum Gasteiger partial charge on any atom is 0.230 e. The van der Waals surface area contributed by atoms with Gasteiger partial charge in [-0.3, -0.25) is 4.79 Å². The Hall–Kier alpha value is -1.46. The first-order chi connectivity index (χ1) is 9.58. The molecule has 1 aliphatic rings. The molecule has 1 saturated carbocycles. The Morgan fingerprint density at radius 1 is 1.45 bits per heavy atom. The fraction of sp³-hybridized carbons (Fsp3) is 0.533. The average molecular weight is 281 g/mol. The fourth-order valence-corrected chi connectivity index (χ4v) is 2.34. The number of aliphatic hydroxyl groups is 1. The number of aliphatic hydroxyl groups excluding tert-OH is 1. The van der Waals surface area contributed by atoms with Gasteiger partial charge >= 0.3 is 0 Å². The molecule has 0 radical (unpaired) electrons. The summed E-state index contributed by atoms with van der Waals surface area (Å²) in [5.74, 6) is -0.346. The zero-order valence-corrected chi connectivity index (χ0v) is 11.6. The topological polar surface area (TPSA) is 58.6 Å². The van der Waals surface area contributed by atoms with Crippen LogP contribution in [0.15, 0.2) is 24.3 Å². The molecule has 1 fully saturated rings. The van der Waals surface area contributed by atoms with Gasteiger partial charge in [0.1, 0.15) is 5.82 Å². The van der Waals surface area contributed by atoms with E-state index in [9.17, 15) is 14.3 Å². The van der Waals surface area contributed by atoms with Crippen LogP contribution in [-0.2, 0) is 14.9 Å². The Balaban J connectivity index is 1.87. The molecule has 1 unspecified atom stereocenters. The second-order valence-corrected chi connectivity index (χ2v) is 5.24. The van der Waals surface area contributed by atoms with E-state index in [1.807, 2.05) is 0 Å². The highest BCUT2D eigenvalue weighted by atomic mass is 19.1. The van der Waals surface area contributed by atoms with Gasteiger partial charge in [0.2, 0.25) is 5.91 Å². The molecule has 1 aromatic carbocycles. The van der Waals surface area contributed by atoms with Gasteiger partial charge in [0.15, 0.2) is 0 Å². The van der Waals surface area contributed by atoms with E-state index in [-0.39, 0.29) is 18.3 Å². The van der Waals surface area contributed by atoms with Crippen molar-refractivity contribution in [3.8, 4) is 0 Å².